The normalized spacial score (nSPS) is 19.9. The van der Waals surface area contributed by atoms with E-state index < -0.39 is 0 Å². The van der Waals surface area contributed by atoms with E-state index in [0.717, 1.165) is 72.8 Å². The Morgan fingerprint density at radius 3 is 1.17 bits per heavy atom. The summed E-state index contributed by atoms with van der Waals surface area (Å²) in [7, 11) is 0. The highest BCUT2D eigenvalue weighted by atomic mass is 32.1. The zero-order chi connectivity index (χ0) is 34.9. The number of hydrogen-bond acceptors (Lipinski definition) is 8. The SMILES string of the molecule is O=C1C(=Cc2nc3c(s2)-c2cc4c(cc2C32CCCCC2)-c2sc(C=C3C(=O)c5ccccc5C3=O)nc2C42CCCCC2)C(=O)c2ccccc21. The summed E-state index contributed by atoms with van der Waals surface area (Å²) < 4.78 is 0. The van der Waals surface area contributed by atoms with Crippen LogP contribution in [0.25, 0.3) is 33.0 Å². The molecule has 6 aliphatic rings. The molecule has 3 aromatic carbocycles. The highest BCUT2D eigenvalue weighted by Gasteiger charge is 2.52. The van der Waals surface area contributed by atoms with Gasteiger partial charge in [-0.15, -0.1) is 22.7 Å². The zero-order valence-corrected chi connectivity index (χ0v) is 30.0. The third kappa shape index (κ3) is 3.94. The van der Waals surface area contributed by atoms with Crippen LogP contribution < -0.4 is 0 Å². The predicted octanol–water partition coefficient (Wildman–Crippen LogP) is 9.99. The molecule has 52 heavy (non-hydrogen) atoms. The van der Waals surface area contributed by atoms with Crippen LogP contribution >= 0.6 is 22.7 Å². The minimum Gasteiger partial charge on any atom is -0.288 e. The molecule has 6 nitrogen and oxygen atoms in total. The molecule has 0 bridgehead atoms. The molecular weight excluding hydrogens is 685 g/mol. The average molecular weight is 717 g/mol. The molecular formula is C44H32N2O4S2. The van der Waals surface area contributed by atoms with Gasteiger partial charge in [0.05, 0.1) is 32.3 Å². The van der Waals surface area contributed by atoms with Crippen LogP contribution in [0.5, 0.6) is 0 Å². The Morgan fingerprint density at radius 2 is 0.827 bits per heavy atom. The van der Waals surface area contributed by atoms with Crippen molar-refractivity contribution >= 4 is 58.0 Å². The number of carbonyl (C=O) groups excluding carboxylic acids is 4. The highest BCUT2D eigenvalue weighted by molar-refractivity contribution is 7.16. The molecule has 6 aliphatic carbocycles. The highest BCUT2D eigenvalue weighted by Crippen LogP contribution is 2.63. The summed E-state index contributed by atoms with van der Waals surface area (Å²) in [6.45, 7) is 0. The molecule has 0 N–H and O–H groups in total. The first kappa shape index (κ1) is 30.7. The number of allylic oxidation sites excluding steroid dienone is 2. The van der Waals surface area contributed by atoms with Gasteiger partial charge in [0.2, 0.25) is 0 Å². The molecule has 2 heterocycles. The lowest BCUT2D eigenvalue weighted by Gasteiger charge is -2.36. The van der Waals surface area contributed by atoms with Crippen molar-refractivity contribution in [2.45, 2.75) is 75.0 Å². The van der Waals surface area contributed by atoms with Gasteiger partial charge in [-0.3, -0.25) is 19.2 Å². The summed E-state index contributed by atoms with van der Waals surface area (Å²) in [4.78, 5) is 66.1. The maximum absolute atomic E-state index is 13.3. The van der Waals surface area contributed by atoms with Gasteiger partial charge < -0.3 is 0 Å². The number of Topliss-reactive ketones (excluding diaryl/α,β-unsaturated/α-hetero) is 4. The number of nitrogens with zero attached hydrogens (tertiary/aromatic N) is 2. The van der Waals surface area contributed by atoms with Crippen molar-refractivity contribution in [2.24, 2.45) is 0 Å². The molecule has 2 aromatic heterocycles. The van der Waals surface area contributed by atoms with Crippen molar-refractivity contribution in [1.82, 2.24) is 9.97 Å². The number of benzene rings is 3. The van der Waals surface area contributed by atoms with Crippen molar-refractivity contribution in [3.05, 3.63) is 127 Å². The molecule has 11 rings (SSSR count). The minimum absolute atomic E-state index is 0.202. The molecule has 0 radical (unpaired) electrons. The van der Waals surface area contributed by atoms with Crippen LogP contribution in [-0.4, -0.2) is 33.1 Å². The summed E-state index contributed by atoms with van der Waals surface area (Å²) in [5.74, 6) is -0.886. The molecule has 2 fully saturated rings. The van der Waals surface area contributed by atoms with Gasteiger partial charge in [-0.1, -0.05) is 87.1 Å². The minimum atomic E-state index is -0.222. The van der Waals surface area contributed by atoms with Crippen molar-refractivity contribution in [3.63, 3.8) is 0 Å². The molecule has 2 saturated carbocycles. The number of hydrogen-bond donors (Lipinski definition) is 0. The van der Waals surface area contributed by atoms with E-state index in [1.165, 1.54) is 44.8 Å². The first-order valence-corrected chi connectivity index (χ1v) is 20.0. The molecule has 0 aliphatic heterocycles. The third-order valence-corrected chi connectivity index (χ3v) is 14.7. The van der Waals surface area contributed by atoms with E-state index in [4.69, 9.17) is 9.97 Å². The number of aromatic nitrogens is 2. The van der Waals surface area contributed by atoms with Crippen LogP contribution in [0.2, 0.25) is 0 Å². The quantitative estimate of drug-likeness (QED) is 0.133. The fourth-order valence-electron chi connectivity index (χ4n) is 10.2. The van der Waals surface area contributed by atoms with Gasteiger partial charge in [-0.05, 0) is 72.2 Å². The molecule has 5 aromatic rings. The lowest BCUT2D eigenvalue weighted by atomic mass is 9.67. The van der Waals surface area contributed by atoms with E-state index in [1.54, 1.807) is 83.4 Å². The number of thiazole rings is 2. The standard InChI is InChI=1S/C44H32N2O4S2/c47-35-23-11-3-4-12-24(23)36(48)29(35)21-33-45-41-39(51-33)27-20-32-28(19-31(27)43(41)15-7-1-8-16-43)40-42(44(32)17-9-2-10-18-44)46-34(52-40)22-30-37(49)25-13-5-6-14-26(25)38(30)50/h3-6,11-14,19-22H,1-2,7-10,15-18H2. The largest absolute Gasteiger partial charge is 0.288 e. The molecule has 0 unspecified atom stereocenters. The van der Waals surface area contributed by atoms with Crippen LogP contribution in [-0.2, 0) is 10.8 Å². The number of rotatable bonds is 2. The molecule has 0 amide bonds. The van der Waals surface area contributed by atoms with Gasteiger partial charge >= 0.3 is 0 Å². The summed E-state index contributed by atoms with van der Waals surface area (Å²) in [5, 5.41) is 1.43. The van der Waals surface area contributed by atoms with E-state index in [2.05, 4.69) is 12.1 Å². The summed E-state index contributed by atoms with van der Waals surface area (Å²) in [6, 6.07) is 19.0. The maximum Gasteiger partial charge on any atom is 0.197 e. The molecule has 2 spiro atoms. The van der Waals surface area contributed by atoms with Gasteiger partial charge in [0, 0.05) is 33.1 Å². The summed E-state index contributed by atoms with van der Waals surface area (Å²) >= 11 is 3.21. The second kappa shape index (κ2) is 10.8. The van der Waals surface area contributed by atoms with E-state index in [-0.39, 0.29) is 45.1 Å². The second-order valence-electron chi connectivity index (χ2n) is 15.2. The Hall–Kier alpha value is -4.92. The average Bonchev–Trinajstić information content (AvgIpc) is 3.99. The lowest BCUT2D eigenvalue weighted by molar-refractivity contribution is 0.0975. The predicted molar refractivity (Wildman–Crippen MR) is 203 cm³/mol. The van der Waals surface area contributed by atoms with Crippen molar-refractivity contribution in [1.29, 1.82) is 0 Å². The summed E-state index contributed by atoms with van der Waals surface area (Å²) in [5.41, 5.74) is 9.21. The Morgan fingerprint density at radius 1 is 0.481 bits per heavy atom. The maximum atomic E-state index is 13.3. The monoisotopic (exact) mass is 716 g/mol. The smallest absolute Gasteiger partial charge is 0.197 e. The van der Waals surface area contributed by atoms with Gasteiger partial charge in [0.25, 0.3) is 0 Å². The Balaban J connectivity index is 1.05. The number of fused-ring (bicyclic) bond motifs is 12. The van der Waals surface area contributed by atoms with Crippen molar-refractivity contribution < 1.29 is 19.2 Å². The van der Waals surface area contributed by atoms with Gasteiger partial charge in [0.1, 0.15) is 10.0 Å². The molecule has 0 saturated heterocycles. The third-order valence-electron chi connectivity index (χ3n) is 12.6. The van der Waals surface area contributed by atoms with Gasteiger partial charge in [-0.25, -0.2) is 9.97 Å². The Bertz CT molecular complexity index is 2320. The fraction of sp³-hybridized carbons (Fsp3) is 0.273. The summed E-state index contributed by atoms with van der Waals surface area (Å²) in [6.07, 6.45) is 14.4. The topological polar surface area (TPSA) is 94.1 Å². The number of carbonyl (C=O) groups is 4. The van der Waals surface area contributed by atoms with Gasteiger partial charge in [0.15, 0.2) is 23.1 Å². The van der Waals surface area contributed by atoms with E-state index >= 15 is 0 Å². The zero-order valence-electron chi connectivity index (χ0n) is 28.3. The number of ketones is 4. The van der Waals surface area contributed by atoms with Crippen LogP contribution in [0.15, 0.2) is 71.8 Å². The lowest BCUT2D eigenvalue weighted by Crippen LogP contribution is -2.30. The molecule has 254 valence electrons. The van der Waals surface area contributed by atoms with E-state index in [9.17, 15) is 19.2 Å². The van der Waals surface area contributed by atoms with Gasteiger partial charge in [-0.2, -0.15) is 0 Å². The van der Waals surface area contributed by atoms with Crippen LogP contribution in [0.1, 0.15) is 138 Å². The molecule has 0 atom stereocenters. The van der Waals surface area contributed by atoms with Crippen molar-refractivity contribution in [2.75, 3.05) is 0 Å². The fourth-order valence-corrected chi connectivity index (χ4v) is 12.5. The van der Waals surface area contributed by atoms with Crippen molar-refractivity contribution in [3.8, 4) is 20.9 Å². The van der Waals surface area contributed by atoms with Crippen LogP contribution in [0.3, 0.4) is 0 Å². The first-order valence-electron chi connectivity index (χ1n) is 18.4. The Labute approximate surface area is 308 Å². The second-order valence-corrected chi connectivity index (χ2v) is 17.3. The Kier molecular flexibility index (Phi) is 6.38. The first-order chi connectivity index (χ1) is 25.4. The van der Waals surface area contributed by atoms with E-state index in [0.29, 0.717) is 22.3 Å². The molecule has 8 heteroatoms. The van der Waals surface area contributed by atoms with Crippen LogP contribution in [0, 0.1) is 0 Å². The van der Waals surface area contributed by atoms with E-state index in [1.807, 2.05) is 0 Å². The van der Waals surface area contributed by atoms with Crippen LogP contribution in [0.4, 0.5) is 0 Å².